The summed E-state index contributed by atoms with van der Waals surface area (Å²) in [7, 11) is 0. The molecule has 0 bridgehead atoms. The maximum Gasteiger partial charge on any atom is 0.118 e. The summed E-state index contributed by atoms with van der Waals surface area (Å²) in [6.45, 7) is 0. The van der Waals surface area contributed by atoms with E-state index in [1.165, 1.54) is 0 Å². The Morgan fingerprint density at radius 2 is 2.14 bits per heavy atom. The van der Waals surface area contributed by atoms with Crippen LogP contribution in [0.25, 0.3) is 0 Å². The van der Waals surface area contributed by atoms with E-state index < -0.39 is 5.60 Å². The van der Waals surface area contributed by atoms with E-state index in [0.717, 1.165) is 23.3 Å². The number of hydrogen-bond acceptors (Lipinski definition) is 3. The van der Waals surface area contributed by atoms with Crippen molar-refractivity contribution in [2.24, 2.45) is 0 Å². The van der Waals surface area contributed by atoms with Crippen molar-refractivity contribution in [3.05, 3.63) is 23.8 Å². The standard InChI is InChI=1S/C11H14O2S/c1-14-9-2-3-10(12)8(6-9)7-11(13)4-5-11/h2-3,6,12-13H,4-5,7H2,1H3. The number of aliphatic hydroxyl groups is 1. The van der Waals surface area contributed by atoms with Crippen LogP contribution in [0, 0.1) is 0 Å². The molecule has 0 atom stereocenters. The number of thioether (sulfide) groups is 1. The van der Waals surface area contributed by atoms with Crippen molar-refractivity contribution in [3.63, 3.8) is 0 Å². The van der Waals surface area contributed by atoms with Crippen LogP contribution in [0.1, 0.15) is 18.4 Å². The molecule has 1 aliphatic carbocycles. The van der Waals surface area contributed by atoms with Gasteiger partial charge in [-0.1, -0.05) is 0 Å². The molecular formula is C11H14O2S. The summed E-state index contributed by atoms with van der Waals surface area (Å²) >= 11 is 1.65. The molecule has 1 fully saturated rings. The molecule has 3 heteroatoms. The van der Waals surface area contributed by atoms with Gasteiger partial charge in [-0.3, -0.25) is 0 Å². The van der Waals surface area contributed by atoms with Gasteiger partial charge in [-0.25, -0.2) is 0 Å². The average Bonchev–Trinajstić information content (AvgIpc) is 2.88. The van der Waals surface area contributed by atoms with E-state index in [2.05, 4.69) is 0 Å². The third kappa shape index (κ3) is 2.04. The molecule has 0 unspecified atom stereocenters. The second-order valence-electron chi connectivity index (χ2n) is 3.90. The zero-order chi connectivity index (χ0) is 10.2. The Hall–Kier alpha value is -0.670. The SMILES string of the molecule is CSc1ccc(O)c(CC2(O)CC2)c1. The summed E-state index contributed by atoms with van der Waals surface area (Å²) in [6.07, 6.45) is 4.29. The third-order valence-electron chi connectivity index (χ3n) is 2.63. The van der Waals surface area contributed by atoms with Crippen LogP contribution in [0.5, 0.6) is 5.75 Å². The van der Waals surface area contributed by atoms with Crippen LogP contribution < -0.4 is 0 Å². The van der Waals surface area contributed by atoms with Gasteiger partial charge < -0.3 is 10.2 Å². The van der Waals surface area contributed by atoms with E-state index in [1.54, 1.807) is 17.8 Å². The monoisotopic (exact) mass is 210 g/mol. The summed E-state index contributed by atoms with van der Waals surface area (Å²) in [6, 6.07) is 5.55. The Kier molecular flexibility index (Phi) is 2.45. The third-order valence-corrected chi connectivity index (χ3v) is 3.36. The molecule has 2 nitrogen and oxygen atoms in total. The normalized spacial score (nSPS) is 18.1. The van der Waals surface area contributed by atoms with Crippen LogP contribution in [-0.2, 0) is 6.42 Å². The first-order valence-electron chi connectivity index (χ1n) is 4.71. The van der Waals surface area contributed by atoms with Gasteiger partial charge in [0.2, 0.25) is 0 Å². The number of phenolic OH excluding ortho intramolecular Hbond substituents is 1. The molecule has 0 spiro atoms. The highest BCUT2D eigenvalue weighted by atomic mass is 32.2. The first-order valence-corrected chi connectivity index (χ1v) is 5.94. The lowest BCUT2D eigenvalue weighted by molar-refractivity contribution is 0.150. The highest BCUT2D eigenvalue weighted by Crippen LogP contribution is 2.40. The highest BCUT2D eigenvalue weighted by molar-refractivity contribution is 7.98. The second kappa shape index (κ2) is 3.48. The van der Waals surface area contributed by atoms with E-state index in [1.807, 2.05) is 18.4 Å². The molecule has 1 saturated carbocycles. The lowest BCUT2D eigenvalue weighted by atomic mass is 10.1. The summed E-state index contributed by atoms with van der Waals surface area (Å²) in [5.74, 6) is 0.295. The van der Waals surface area contributed by atoms with E-state index >= 15 is 0 Å². The van der Waals surface area contributed by atoms with Crippen LogP contribution in [0.15, 0.2) is 23.1 Å². The zero-order valence-electron chi connectivity index (χ0n) is 8.16. The number of aromatic hydroxyl groups is 1. The van der Waals surface area contributed by atoms with Crippen molar-refractivity contribution in [1.82, 2.24) is 0 Å². The molecule has 2 rings (SSSR count). The molecule has 0 aliphatic heterocycles. The van der Waals surface area contributed by atoms with Gasteiger partial charge in [0, 0.05) is 11.3 Å². The summed E-state index contributed by atoms with van der Waals surface area (Å²) in [5.41, 5.74) is 0.325. The van der Waals surface area contributed by atoms with Gasteiger partial charge >= 0.3 is 0 Å². The van der Waals surface area contributed by atoms with E-state index in [9.17, 15) is 10.2 Å². The van der Waals surface area contributed by atoms with Gasteiger partial charge in [0.25, 0.3) is 0 Å². The Bertz CT molecular complexity index is 345. The molecule has 76 valence electrons. The first-order chi connectivity index (χ1) is 6.63. The summed E-state index contributed by atoms with van der Waals surface area (Å²) < 4.78 is 0. The molecule has 0 amide bonds. The number of rotatable bonds is 3. The van der Waals surface area contributed by atoms with Crippen LogP contribution in [0.2, 0.25) is 0 Å². The Morgan fingerprint density at radius 3 is 2.71 bits per heavy atom. The van der Waals surface area contributed by atoms with Crippen LogP contribution in [0.4, 0.5) is 0 Å². The van der Waals surface area contributed by atoms with E-state index in [0.29, 0.717) is 12.2 Å². The summed E-state index contributed by atoms with van der Waals surface area (Å²) in [5, 5.41) is 19.4. The largest absolute Gasteiger partial charge is 0.508 e. The van der Waals surface area contributed by atoms with Crippen molar-refractivity contribution in [3.8, 4) is 5.75 Å². The minimum Gasteiger partial charge on any atom is -0.508 e. The molecule has 14 heavy (non-hydrogen) atoms. The van der Waals surface area contributed by atoms with Gasteiger partial charge in [-0.15, -0.1) is 11.8 Å². The Labute approximate surface area is 88.0 Å². The minimum absolute atomic E-state index is 0.295. The molecule has 1 aliphatic rings. The molecule has 1 aromatic carbocycles. The number of hydrogen-bond donors (Lipinski definition) is 2. The molecule has 0 saturated heterocycles. The average molecular weight is 210 g/mol. The maximum absolute atomic E-state index is 9.75. The highest BCUT2D eigenvalue weighted by Gasteiger charge is 2.40. The van der Waals surface area contributed by atoms with E-state index in [4.69, 9.17) is 0 Å². The summed E-state index contributed by atoms with van der Waals surface area (Å²) in [4.78, 5) is 1.13. The lowest BCUT2D eigenvalue weighted by Crippen LogP contribution is -2.10. The molecule has 0 aromatic heterocycles. The molecular weight excluding hydrogens is 196 g/mol. The Morgan fingerprint density at radius 1 is 1.43 bits per heavy atom. The quantitative estimate of drug-likeness (QED) is 0.751. The van der Waals surface area contributed by atoms with Crippen molar-refractivity contribution in [2.75, 3.05) is 6.26 Å². The van der Waals surface area contributed by atoms with Crippen LogP contribution in [0.3, 0.4) is 0 Å². The minimum atomic E-state index is -0.533. The van der Waals surface area contributed by atoms with Gasteiger partial charge in [0.05, 0.1) is 5.60 Å². The number of benzene rings is 1. The Balaban J connectivity index is 2.22. The predicted octanol–water partition coefficient (Wildman–Crippen LogP) is 2.18. The van der Waals surface area contributed by atoms with Crippen LogP contribution >= 0.6 is 11.8 Å². The molecule has 0 heterocycles. The van der Waals surface area contributed by atoms with Crippen molar-refractivity contribution >= 4 is 11.8 Å². The predicted molar refractivity (Wildman–Crippen MR) is 57.8 cm³/mol. The topological polar surface area (TPSA) is 40.5 Å². The smallest absolute Gasteiger partial charge is 0.118 e. The second-order valence-corrected chi connectivity index (χ2v) is 4.78. The molecule has 2 N–H and O–H groups in total. The fourth-order valence-electron chi connectivity index (χ4n) is 1.51. The van der Waals surface area contributed by atoms with Gasteiger partial charge in [-0.05, 0) is 42.9 Å². The van der Waals surface area contributed by atoms with Crippen LogP contribution in [-0.4, -0.2) is 22.1 Å². The lowest BCUT2D eigenvalue weighted by Gasteiger charge is -2.10. The van der Waals surface area contributed by atoms with Crippen molar-refractivity contribution in [2.45, 2.75) is 29.8 Å². The maximum atomic E-state index is 9.75. The van der Waals surface area contributed by atoms with Gasteiger partial charge in [0.1, 0.15) is 5.75 Å². The van der Waals surface area contributed by atoms with Gasteiger partial charge in [0.15, 0.2) is 0 Å². The fraction of sp³-hybridized carbons (Fsp3) is 0.455. The zero-order valence-corrected chi connectivity index (χ0v) is 8.97. The van der Waals surface area contributed by atoms with Gasteiger partial charge in [-0.2, -0.15) is 0 Å². The fourth-order valence-corrected chi connectivity index (χ4v) is 1.97. The number of phenols is 1. The molecule has 1 aromatic rings. The first kappa shape index (κ1) is 9.87. The van der Waals surface area contributed by atoms with Crippen molar-refractivity contribution in [1.29, 1.82) is 0 Å². The van der Waals surface area contributed by atoms with E-state index in [-0.39, 0.29) is 0 Å². The molecule has 0 radical (unpaired) electrons. The van der Waals surface area contributed by atoms with Crippen molar-refractivity contribution < 1.29 is 10.2 Å².